The summed E-state index contributed by atoms with van der Waals surface area (Å²) < 4.78 is 27.3. The Hall–Kier alpha value is -0.910. The third-order valence-corrected chi connectivity index (χ3v) is 2.98. The lowest BCUT2D eigenvalue weighted by Crippen LogP contribution is -2.05. The quantitative estimate of drug-likeness (QED) is 0.784. The molecule has 5 heteroatoms. The van der Waals surface area contributed by atoms with Gasteiger partial charge in [0.1, 0.15) is 0 Å². The lowest BCUT2D eigenvalue weighted by Gasteiger charge is -2.02. The van der Waals surface area contributed by atoms with Gasteiger partial charge in [-0.3, -0.25) is 4.18 Å². The summed E-state index contributed by atoms with van der Waals surface area (Å²) in [5, 5.41) is 0. The zero-order chi connectivity index (χ0) is 9.90. The Labute approximate surface area is 84.6 Å². The molecule has 3 N–H and O–H groups in total. The first kappa shape index (κ1) is 13.1. The molecule has 1 aromatic carbocycles. The van der Waals surface area contributed by atoms with Crippen LogP contribution in [0.3, 0.4) is 0 Å². The van der Waals surface area contributed by atoms with Crippen LogP contribution in [0.2, 0.25) is 0 Å². The Morgan fingerprint density at radius 3 is 2.14 bits per heavy atom. The van der Waals surface area contributed by atoms with E-state index in [0.29, 0.717) is 0 Å². The number of aryl methyl sites for hydroxylation is 1. The van der Waals surface area contributed by atoms with Crippen LogP contribution in [0.15, 0.2) is 29.2 Å². The van der Waals surface area contributed by atoms with Crippen LogP contribution < -0.4 is 6.15 Å². The van der Waals surface area contributed by atoms with Crippen molar-refractivity contribution < 1.29 is 12.6 Å². The van der Waals surface area contributed by atoms with Gasteiger partial charge in [0.15, 0.2) is 0 Å². The van der Waals surface area contributed by atoms with Crippen LogP contribution >= 0.6 is 0 Å². The molecule has 0 aliphatic heterocycles. The monoisotopic (exact) mass is 217 g/mol. The number of hydrogen-bond donors (Lipinski definition) is 1. The van der Waals surface area contributed by atoms with Gasteiger partial charge in [0.25, 0.3) is 10.1 Å². The Morgan fingerprint density at radius 1 is 1.21 bits per heavy atom. The molecule has 80 valence electrons. The summed E-state index contributed by atoms with van der Waals surface area (Å²) in [6.07, 6.45) is 0. The first-order valence-corrected chi connectivity index (χ1v) is 5.43. The van der Waals surface area contributed by atoms with Gasteiger partial charge in [-0.2, -0.15) is 8.42 Å². The van der Waals surface area contributed by atoms with Gasteiger partial charge in [0, 0.05) is 0 Å². The highest BCUT2D eigenvalue weighted by molar-refractivity contribution is 7.86. The predicted molar refractivity (Wildman–Crippen MR) is 55.0 cm³/mol. The highest BCUT2D eigenvalue weighted by Gasteiger charge is 2.12. The molecule has 0 unspecified atom stereocenters. The van der Waals surface area contributed by atoms with Gasteiger partial charge in [0.05, 0.1) is 11.5 Å². The molecule has 0 saturated carbocycles. The maximum absolute atomic E-state index is 11.3. The molecular weight excluding hydrogens is 202 g/mol. The Morgan fingerprint density at radius 2 is 1.71 bits per heavy atom. The number of benzene rings is 1. The van der Waals surface area contributed by atoms with Crippen molar-refractivity contribution in [1.82, 2.24) is 6.15 Å². The van der Waals surface area contributed by atoms with E-state index in [1.807, 2.05) is 6.92 Å². The van der Waals surface area contributed by atoms with Crippen molar-refractivity contribution in [3.8, 4) is 0 Å². The molecule has 0 radical (unpaired) electrons. The molecule has 0 bridgehead atoms. The van der Waals surface area contributed by atoms with Crippen LogP contribution in [0.25, 0.3) is 0 Å². The molecule has 0 atom stereocenters. The highest BCUT2D eigenvalue weighted by atomic mass is 32.2. The van der Waals surface area contributed by atoms with E-state index >= 15 is 0 Å². The molecule has 4 nitrogen and oxygen atoms in total. The average molecular weight is 217 g/mol. The van der Waals surface area contributed by atoms with E-state index < -0.39 is 10.1 Å². The molecule has 0 spiro atoms. The zero-order valence-electron chi connectivity index (χ0n) is 8.36. The Balaban J connectivity index is 0.00000169. The second-order valence-electron chi connectivity index (χ2n) is 2.67. The van der Waals surface area contributed by atoms with Crippen LogP contribution in [0.1, 0.15) is 12.5 Å². The van der Waals surface area contributed by atoms with E-state index in [2.05, 4.69) is 4.18 Å². The van der Waals surface area contributed by atoms with E-state index in [-0.39, 0.29) is 17.7 Å². The van der Waals surface area contributed by atoms with Crippen LogP contribution in [0, 0.1) is 6.92 Å². The lowest BCUT2D eigenvalue weighted by molar-refractivity contribution is 0.338. The molecule has 0 saturated heterocycles. The lowest BCUT2D eigenvalue weighted by atomic mass is 10.2. The summed E-state index contributed by atoms with van der Waals surface area (Å²) in [6.45, 7) is 3.71. The van der Waals surface area contributed by atoms with Crippen LogP contribution in [-0.4, -0.2) is 15.0 Å². The Kier molecular flexibility index (Phi) is 4.76. The van der Waals surface area contributed by atoms with Crippen LogP contribution in [0.4, 0.5) is 0 Å². The van der Waals surface area contributed by atoms with Crippen molar-refractivity contribution >= 4 is 10.1 Å². The fourth-order valence-electron chi connectivity index (χ4n) is 0.928. The first-order valence-electron chi connectivity index (χ1n) is 4.02. The van der Waals surface area contributed by atoms with Gasteiger partial charge in [-0.25, -0.2) is 0 Å². The second kappa shape index (κ2) is 5.09. The highest BCUT2D eigenvalue weighted by Crippen LogP contribution is 2.12. The van der Waals surface area contributed by atoms with Crippen molar-refractivity contribution in [1.29, 1.82) is 0 Å². The van der Waals surface area contributed by atoms with Gasteiger partial charge in [-0.05, 0) is 26.0 Å². The van der Waals surface area contributed by atoms with Gasteiger partial charge in [0.2, 0.25) is 0 Å². The van der Waals surface area contributed by atoms with E-state index in [0.717, 1.165) is 5.56 Å². The number of hydrogen-bond acceptors (Lipinski definition) is 4. The van der Waals surface area contributed by atoms with E-state index in [4.69, 9.17) is 0 Å². The van der Waals surface area contributed by atoms with Gasteiger partial charge in [-0.15, -0.1) is 0 Å². The predicted octanol–water partition coefficient (Wildman–Crippen LogP) is 1.88. The molecule has 1 aromatic rings. The SMILES string of the molecule is CCOS(=O)(=O)c1ccc(C)cc1.N. The van der Waals surface area contributed by atoms with Gasteiger partial charge in [-0.1, -0.05) is 17.7 Å². The fourth-order valence-corrected chi connectivity index (χ4v) is 1.84. The third-order valence-electron chi connectivity index (χ3n) is 1.58. The summed E-state index contributed by atoms with van der Waals surface area (Å²) in [5.74, 6) is 0. The van der Waals surface area contributed by atoms with E-state index in [1.165, 1.54) is 0 Å². The molecule has 0 fully saturated rings. The average Bonchev–Trinajstić information content (AvgIpc) is 2.05. The van der Waals surface area contributed by atoms with Crippen molar-refractivity contribution in [2.24, 2.45) is 0 Å². The van der Waals surface area contributed by atoms with E-state index in [9.17, 15) is 8.42 Å². The van der Waals surface area contributed by atoms with Crippen molar-refractivity contribution in [2.45, 2.75) is 18.7 Å². The maximum Gasteiger partial charge on any atom is 0.296 e. The first-order chi connectivity index (χ1) is 6.06. The fraction of sp³-hybridized carbons (Fsp3) is 0.333. The molecule has 1 rings (SSSR count). The third kappa shape index (κ3) is 3.10. The van der Waals surface area contributed by atoms with Crippen molar-refractivity contribution in [2.75, 3.05) is 6.61 Å². The largest absolute Gasteiger partial charge is 0.344 e. The topological polar surface area (TPSA) is 78.4 Å². The second-order valence-corrected chi connectivity index (χ2v) is 4.29. The molecule has 14 heavy (non-hydrogen) atoms. The van der Waals surface area contributed by atoms with E-state index in [1.54, 1.807) is 31.2 Å². The molecular formula is C9H15NO3S. The van der Waals surface area contributed by atoms with Crippen LogP contribution in [0.5, 0.6) is 0 Å². The molecule has 0 aromatic heterocycles. The molecule has 0 aliphatic carbocycles. The van der Waals surface area contributed by atoms with Gasteiger partial charge < -0.3 is 6.15 Å². The Bertz CT molecular complexity index is 370. The van der Waals surface area contributed by atoms with Crippen LogP contribution in [-0.2, 0) is 14.3 Å². The molecule has 0 amide bonds. The molecule has 0 heterocycles. The number of rotatable bonds is 3. The normalized spacial score (nSPS) is 10.7. The maximum atomic E-state index is 11.3. The molecule has 0 aliphatic rings. The zero-order valence-corrected chi connectivity index (χ0v) is 9.17. The smallest absolute Gasteiger partial charge is 0.296 e. The summed E-state index contributed by atoms with van der Waals surface area (Å²) in [7, 11) is -3.53. The minimum absolute atomic E-state index is 0. The summed E-state index contributed by atoms with van der Waals surface area (Å²) in [5.41, 5.74) is 1.02. The summed E-state index contributed by atoms with van der Waals surface area (Å²) in [6, 6.07) is 6.57. The summed E-state index contributed by atoms with van der Waals surface area (Å²) in [4.78, 5) is 0.208. The summed E-state index contributed by atoms with van der Waals surface area (Å²) >= 11 is 0. The van der Waals surface area contributed by atoms with Crippen molar-refractivity contribution in [3.63, 3.8) is 0 Å². The minimum atomic E-state index is -3.53. The van der Waals surface area contributed by atoms with Crippen molar-refractivity contribution in [3.05, 3.63) is 29.8 Å². The van der Waals surface area contributed by atoms with Gasteiger partial charge >= 0.3 is 0 Å². The standard InChI is InChI=1S/C9H12O3S.H3N/c1-3-12-13(10,11)9-6-4-8(2)5-7-9;/h4-7H,3H2,1-2H3;1H3. The minimum Gasteiger partial charge on any atom is -0.344 e.